The number of rotatable bonds is 5. The summed E-state index contributed by atoms with van der Waals surface area (Å²) in [6, 6.07) is 10.9. The predicted molar refractivity (Wildman–Crippen MR) is 87.5 cm³/mol. The minimum absolute atomic E-state index is 0.202. The third-order valence-corrected chi connectivity index (χ3v) is 4.11. The maximum atomic E-state index is 14.3. The SMILES string of the molecule is CCCNC(c1cc(C)ccc1F)c1cccc(C)c1Cl. The third kappa shape index (κ3) is 3.63. The molecular weight excluding hydrogens is 285 g/mol. The first-order chi connectivity index (χ1) is 10.0. The Morgan fingerprint density at radius 1 is 1.14 bits per heavy atom. The Kier molecular flexibility index (Phi) is 5.38. The molecule has 0 spiro atoms. The molecule has 1 atom stereocenters. The van der Waals surface area contributed by atoms with Crippen LogP contribution in [0.2, 0.25) is 5.02 Å². The van der Waals surface area contributed by atoms with Crippen molar-refractivity contribution in [3.63, 3.8) is 0 Å². The monoisotopic (exact) mass is 305 g/mol. The van der Waals surface area contributed by atoms with Crippen molar-refractivity contribution >= 4 is 11.6 Å². The minimum Gasteiger partial charge on any atom is -0.306 e. The number of aryl methyl sites for hydroxylation is 2. The van der Waals surface area contributed by atoms with Gasteiger partial charge in [-0.15, -0.1) is 0 Å². The van der Waals surface area contributed by atoms with E-state index in [-0.39, 0.29) is 11.9 Å². The van der Waals surface area contributed by atoms with E-state index in [4.69, 9.17) is 11.6 Å². The number of nitrogens with one attached hydrogen (secondary N) is 1. The van der Waals surface area contributed by atoms with Crippen LogP contribution in [0.4, 0.5) is 4.39 Å². The molecule has 1 nitrogen and oxygen atoms in total. The smallest absolute Gasteiger partial charge is 0.128 e. The second-order valence-corrected chi connectivity index (χ2v) is 5.77. The zero-order chi connectivity index (χ0) is 15.4. The summed E-state index contributed by atoms with van der Waals surface area (Å²) in [4.78, 5) is 0. The molecule has 0 aliphatic carbocycles. The Balaban J connectivity index is 2.52. The number of halogens is 2. The van der Waals surface area contributed by atoms with Gasteiger partial charge in [0.15, 0.2) is 0 Å². The van der Waals surface area contributed by atoms with E-state index >= 15 is 0 Å². The molecule has 0 aliphatic heterocycles. The van der Waals surface area contributed by atoms with Crippen LogP contribution >= 0.6 is 11.6 Å². The molecule has 3 heteroatoms. The number of benzene rings is 2. The van der Waals surface area contributed by atoms with Gasteiger partial charge in [0, 0.05) is 10.6 Å². The van der Waals surface area contributed by atoms with E-state index < -0.39 is 0 Å². The van der Waals surface area contributed by atoms with Crippen LogP contribution in [0, 0.1) is 19.7 Å². The molecule has 0 heterocycles. The third-order valence-electron chi connectivity index (χ3n) is 3.59. The maximum Gasteiger partial charge on any atom is 0.128 e. The lowest BCUT2D eigenvalue weighted by Crippen LogP contribution is -2.24. The van der Waals surface area contributed by atoms with Crippen LogP contribution in [0.3, 0.4) is 0 Å². The Hall–Kier alpha value is -1.38. The average Bonchev–Trinajstić information content (AvgIpc) is 2.47. The van der Waals surface area contributed by atoms with Crippen LogP contribution in [0.5, 0.6) is 0 Å². The Morgan fingerprint density at radius 3 is 2.62 bits per heavy atom. The molecule has 0 saturated heterocycles. The zero-order valence-corrected chi connectivity index (χ0v) is 13.5. The van der Waals surface area contributed by atoms with Crippen LogP contribution < -0.4 is 5.32 Å². The topological polar surface area (TPSA) is 12.0 Å². The van der Waals surface area contributed by atoms with Crippen molar-refractivity contribution in [3.8, 4) is 0 Å². The Bertz CT molecular complexity index is 623. The summed E-state index contributed by atoms with van der Waals surface area (Å²) in [5.74, 6) is -0.202. The van der Waals surface area contributed by atoms with E-state index in [0.29, 0.717) is 10.6 Å². The standard InChI is InChI=1S/C18H21ClFN/c1-4-10-21-18(14-7-5-6-13(3)17(14)19)15-11-12(2)8-9-16(15)20/h5-9,11,18,21H,4,10H2,1-3H3. The highest BCUT2D eigenvalue weighted by atomic mass is 35.5. The van der Waals surface area contributed by atoms with Crippen LogP contribution in [0.25, 0.3) is 0 Å². The molecule has 0 aromatic heterocycles. The van der Waals surface area contributed by atoms with Crippen LogP contribution in [0.15, 0.2) is 36.4 Å². The zero-order valence-electron chi connectivity index (χ0n) is 12.7. The average molecular weight is 306 g/mol. The highest BCUT2D eigenvalue weighted by Gasteiger charge is 2.20. The molecule has 0 bridgehead atoms. The van der Waals surface area contributed by atoms with Crippen molar-refractivity contribution in [2.75, 3.05) is 6.54 Å². The minimum atomic E-state index is -0.225. The van der Waals surface area contributed by atoms with Gasteiger partial charge in [0.25, 0.3) is 0 Å². The molecular formula is C18H21ClFN. The fraction of sp³-hybridized carbons (Fsp3) is 0.333. The van der Waals surface area contributed by atoms with Gasteiger partial charge >= 0.3 is 0 Å². The largest absolute Gasteiger partial charge is 0.306 e. The van der Waals surface area contributed by atoms with Gasteiger partial charge in [-0.1, -0.05) is 54.4 Å². The molecule has 0 aliphatic rings. The van der Waals surface area contributed by atoms with E-state index in [9.17, 15) is 4.39 Å². The molecule has 0 fully saturated rings. The molecule has 1 N–H and O–H groups in total. The van der Waals surface area contributed by atoms with Crippen molar-refractivity contribution in [1.29, 1.82) is 0 Å². The van der Waals surface area contributed by atoms with Gasteiger partial charge < -0.3 is 5.32 Å². The molecule has 1 unspecified atom stereocenters. The summed E-state index contributed by atoms with van der Waals surface area (Å²) in [6.07, 6.45) is 0.980. The molecule has 0 saturated carbocycles. The van der Waals surface area contributed by atoms with Crippen molar-refractivity contribution in [2.24, 2.45) is 0 Å². The van der Waals surface area contributed by atoms with Gasteiger partial charge in [-0.2, -0.15) is 0 Å². The normalized spacial score (nSPS) is 12.4. The summed E-state index contributed by atoms with van der Waals surface area (Å²) in [7, 11) is 0. The second kappa shape index (κ2) is 7.06. The fourth-order valence-corrected chi connectivity index (χ4v) is 2.69. The number of hydrogen-bond donors (Lipinski definition) is 1. The van der Waals surface area contributed by atoms with Crippen molar-refractivity contribution in [3.05, 3.63) is 69.5 Å². The summed E-state index contributed by atoms with van der Waals surface area (Å²) < 4.78 is 14.3. The molecule has 0 amide bonds. The number of hydrogen-bond acceptors (Lipinski definition) is 1. The predicted octanol–water partition coefficient (Wildman–Crippen LogP) is 5.18. The van der Waals surface area contributed by atoms with Crippen molar-refractivity contribution in [1.82, 2.24) is 5.32 Å². The molecule has 0 radical (unpaired) electrons. The van der Waals surface area contributed by atoms with E-state index in [0.717, 1.165) is 29.7 Å². The summed E-state index contributed by atoms with van der Waals surface area (Å²) in [6.45, 7) is 6.84. The molecule has 21 heavy (non-hydrogen) atoms. The van der Waals surface area contributed by atoms with Crippen LogP contribution in [-0.2, 0) is 0 Å². The summed E-state index contributed by atoms with van der Waals surface area (Å²) >= 11 is 6.45. The van der Waals surface area contributed by atoms with Gasteiger partial charge in [0.05, 0.1) is 6.04 Å². The van der Waals surface area contributed by atoms with Gasteiger partial charge in [0.2, 0.25) is 0 Å². The first-order valence-corrected chi connectivity index (χ1v) is 7.66. The summed E-state index contributed by atoms with van der Waals surface area (Å²) in [5.41, 5.74) is 3.62. The van der Waals surface area contributed by atoms with Gasteiger partial charge in [-0.05, 0) is 44.0 Å². The van der Waals surface area contributed by atoms with E-state index in [1.165, 1.54) is 6.07 Å². The van der Waals surface area contributed by atoms with Crippen LogP contribution in [0.1, 0.15) is 41.6 Å². The van der Waals surface area contributed by atoms with Crippen LogP contribution in [-0.4, -0.2) is 6.54 Å². The first kappa shape index (κ1) is 16.0. The molecule has 2 rings (SSSR count). The lowest BCUT2D eigenvalue weighted by Gasteiger charge is -2.22. The highest BCUT2D eigenvalue weighted by molar-refractivity contribution is 6.32. The lowest BCUT2D eigenvalue weighted by atomic mass is 9.95. The van der Waals surface area contributed by atoms with Gasteiger partial charge in [-0.25, -0.2) is 4.39 Å². The quantitative estimate of drug-likeness (QED) is 0.802. The summed E-state index contributed by atoms with van der Waals surface area (Å²) in [5, 5.41) is 4.11. The molecule has 2 aromatic carbocycles. The Labute approximate surface area is 131 Å². The highest BCUT2D eigenvalue weighted by Crippen LogP contribution is 2.32. The second-order valence-electron chi connectivity index (χ2n) is 5.39. The Morgan fingerprint density at radius 2 is 1.90 bits per heavy atom. The van der Waals surface area contributed by atoms with Gasteiger partial charge in [0.1, 0.15) is 5.82 Å². The first-order valence-electron chi connectivity index (χ1n) is 7.29. The van der Waals surface area contributed by atoms with Crippen molar-refractivity contribution < 1.29 is 4.39 Å². The fourth-order valence-electron chi connectivity index (χ4n) is 2.45. The molecule has 112 valence electrons. The molecule has 2 aromatic rings. The van der Waals surface area contributed by atoms with E-state index in [1.54, 1.807) is 6.07 Å². The van der Waals surface area contributed by atoms with E-state index in [1.807, 2.05) is 38.1 Å². The van der Waals surface area contributed by atoms with Crippen molar-refractivity contribution in [2.45, 2.75) is 33.2 Å². The lowest BCUT2D eigenvalue weighted by molar-refractivity contribution is 0.546. The van der Waals surface area contributed by atoms with E-state index in [2.05, 4.69) is 12.2 Å². The van der Waals surface area contributed by atoms with Gasteiger partial charge in [-0.3, -0.25) is 0 Å². The maximum absolute atomic E-state index is 14.3.